The zero-order valence-electron chi connectivity index (χ0n) is 11.0. The van der Waals surface area contributed by atoms with E-state index >= 15 is 0 Å². The second kappa shape index (κ2) is 8.77. The Hall–Kier alpha value is -1.26. The molecule has 0 amide bonds. The molecule has 1 saturated heterocycles. The maximum Gasteiger partial charge on any atom is 0.119 e. The van der Waals surface area contributed by atoms with Gasteiger partial charge in [0.15, 0.2) is 0 Å². The minimum atomic E-state index is 0. The quantitative estimate of drug-likeness (QED) is 0.514. The van der Waals surface area contributed by atoms with Crippen LogP contribution in [0.4, 0.5) is 0 Å². The van der Waals surface area contributed by atoms with E-state index < -0.39 is 0 Å². The van der Waals surface area contributed by atoms with Crippen LogP contribution in [0.1, 0.15) is 24.8 Å². The van der Waals surface area contributed by atoms with Gasteiger partial charge in [0.1, 0.15) is 12.4 Å². The third kappa shape index (κ3) is 5.49. The number of hydrogen-bond acceptors (Lipinski definition) is 4. The van der Waals surface area contributed by atoms with Gasteiger partial charge in [0.2, 0.25) is 0 Å². The largest absolute Gasteiger partial charge is 0.492 e. The highest BCUT2D eigenvalue weighted by Crippen LogP contribution is 2.12. The molecule has 2 rings (SSSR count). The maximum absolute atomic E-state index is 8.41. The fourth-order valence-electron chi connectivity index (χ4n) is 2.19. The lowest BCUT2D eigenvalue weighted by Crippen LogP contribution is -2.33. The number of piperidine rings is 1. The summed E-state index contributed by atoms with van der Waals surface area (Å²) in [6.07, 6.45) is 5.40. The molecule has 0 atom stereocenters. The number of oxime groups is 1. The number of likely N-dealkylation sites (tertiary alicyclic amines) is 1. The molecule has 1 heterocycles. The second-order valence-corrected chi connectivity index (χ2v) is 4.56. The maximum atomic E-state index is 8.41. The molecule has 4 nitrogen and oxygen atoms in total. The molecule has 5 heteroatoms. The van der Waals surface area contributed by atoms with Gasteiger partial charge in [-0.05, 0) is 55.8 Å². The number of benzene rings is 1. The van der Waals surface area contributed by atoms with Gasteiger partial charge in [-0.25, -0.2) is 0 Å². The summed E-state index contributed by atoms with van der Waals surface area (Å²) in [7, 11) is 0. The highest BCUT2D eigenvalue weighted by molar-refractivity contribution is 5.85. The van der Waals surface area contributed by atoms with Crippen molar-refractivity contribution in [2.45, 2.75) is 19.3 Å². The van der Waals surface area contributed by atoms with E-state index in [1.54, 1.807) is 0 Å². The molecule has 19 heavy (non-hydrogen) atoms. The fourth-order valence-corrected chi connectivity index (χ4v) is 2.19. The van der Waals surface area contributed by atoms with Crippen LogP contribution in [-0.2, 0) is 0 Å². The van der Waals surface area contributed by atoms with Gasteiger partial charge in [-0.2, -0.15) is 0 Å². The van der Waals surface area contributed by atoms with Crippen LogP contribution in [0, 0.1) is 0 Å². The molecule has 0 aromatic heterocycles. The van der Waals surface area contributed by atoms with Gasteiger partial charge in [-0.3, -0.25) is 4.90 Å². The lowest BCUT2D eigenvalue weighted by Gasteiger charge is -2.26. The average molecular weight is 285 g/mol. The first-order valence-corrected chi connectivity index (χ1v) is 6.51. The second-order valence-electron chi connectivity index (χ2n) is 4.56. The fraction of sp³-hybridized carbons (Fsp3) is 0.500. The molecule has 1 fully saturated rings. The monoisotopic (exact) mass is 284 g/mol. The predicted molar refractivity (Wildman–Crippen MR) is 78.9 cm³/mol. The molecule has 0 radical (unpaired) electrons. The summed E-state index contributed by atoms with van der Waals surface area (Å²) in [6.45, 7) is 4.14. The highest BCUT2D eigenvalue weighted by Gasteiger charge is 2.09. The molecule has 0 aliphatic carbocycles. The lowest BCUT2D eigenvalue weighted by molar-refractivity contribution is 0.183. The highest BCUT2D eigenvalue weighted by atomic mass is 35.5. The van der Waals surface area contributed by atoms with Gasteiger partial charge in [-0.1, -0.05) is 11.6 Å². The van der Waals surface area contributed by atoms with Crippen LogP contribution in [0.5, 0.6) is 5.75 Å². The summed E-state index contributed by atoms with van der Waals surface area (Å²) in [5.74, 6) is 0.863. The zero-order chi connectivity index (χ0) is 12.6. The van der Waals surface area contributed by atoms with Gasteiger partial charge in [0.05, 0.1) is 6.21 Å². The summed E-state index contributed by atoms with van der Waals surface area (Å²) in [4.78, 5) is 2.45. The van der Waals surface area contributed by atoms with Gasteiger partial charge < -0.3 is 9.94 Å². The van der Waals surface area contributed by atoms with Crippen LogP contribution in [-0.4, -0.2) is 42.6 Å². The van der Waals surface area contributed by atoms with Crippen molar-refractivity contribution in [2.24, 2.45) is 5.16 Å². The van der Waals surface area contributed by atoms with Gasteiger partial charge >= 0.3 is 0 Å². The summed E-state index contributed by atoms with van der Waals surface area (Å²) in [5, 5.41) is 11.4. The van der Waals surface area contributed by atoms with Crippen LogP contribution in [0.3, 0.4) is 0 Å². The Labute approximate surface area is 120 Å². The predicted octanol–water partition coefficient (Wildman–Crippen LogP) is 2.78. The first-order chi connectivity index (χ1) is 8.88. The van der Waals surface area contributed by atoms with E-state index in [4.69, 9.17) is 9.94 Å². The number of halogens is 1. The number of rotatable bonds is 5. The number of ether oxygens (including phenoxy) is 1. The molecule has 0 saturated carbocycles. The molecule has 1 N–H and O–H groups in total. The van der Waals surface area contributed by atoms with Gasteiger partial charge in [-0.15, -0.1) is 12.4 Å². The number of hydrogen-bond donors (Lipinski definition) is 1. The minimum Gasteiger partial charge on any atom is -0.492 e. The topological polar surface area (TPSA) is 45.1 Å². The molecular weight excluding hydrogens is 264 g/mol. The standard InChI is InChI=1S/C14H20N2O2.ClH/c17-15-12-13-4-6-14(7-5-13)18-11-10-16-8-2-1-3-9-16;/h4-7,12,17H,1-3,8-11H2;1H. The van der Waals surface area contributed by atoms with Crippen LogP contribution < -0.4 is 4.74 Å². The van der Waals surface area contributed by atoms with E-state index in [0.717, 1.165) is 24.5 Å². The Morgan fingerprint density at radius 1 is 1.16 bits per heavy atom. The molecule has 0 unspecified atom stereocenters. The van der Waals surface area contributed by atoms with Crippen molar-refractivity contribution in [1.82, 2.24) is 4.90 Å². The van der Waals surface area contributed by atoms with Crippen molar-refractivity contribution in [3.8, 4) is 5.75 Å². The molecule has 0 bridgehead atoms. The molecule has 106 valence electrons. The Balaban J connectivity index is 0.00000180. The van der Waals surface area contributed by atoms with E-state index in [1.807, 2.05) is 24.3 Å². The van der Waals surface area contributed by atoms with Crippen molar-refractivity contribution in [2.75, 3.05) is 26.2 Å². The van der Waals surface area contributed by atoms with Gasteiger partial charge in [0, 0.05) is 6.54 Å². The molecule has 1 aliphatic heterocycles. The average Bonchev–Trinajstić information content (AvgIpc) is 2.42. The molecule has 0 spiro atoms. The van der Waals surface area contributed by atoms with E-state index in [2.05, 4.69) is 10.1 Å². The van der Waals surface area contributed by atoms with E-state index in [1.165, 1.54) is 38.6 Å². The summed E-state index contributed by atoms with van der Waals surface area (Å²) in [6, 6.07) is 7.53. The van der Waals surface area contributed by atoms with Crippen molar-refractivity contribution in [3.63, 3.8) is 0 Å². The van der Waals surface area contributed by atoms with Crippen molar-refractivity contribution in [1.29, 1.82) is 0 Å². The SMILES string of the molecule is Cl.ON=Cc1ccc(OCCN2CCCCC2)cc1. The zero-order valence-corrected chi connectivity index (χ0v) is 11.8. The summed E-state index contributed by atoms with van der Waals surface area (Å²) < 4.78 is 5.69. The smallest absolute Gasteiger partial charge is 0.119 e. The Morgan fingerprint density at radius 2 is 1.84 bits per heavy atom. The van der Waals surface area contributed by atoms with Crippen molar-refractivity contribution in [3.05, 3.63) is 29.8 Å². The molecule has 1 aromatic rings. The first kappa shape index (κ1) is 15.8. The van der Waals surface area contributed by atoms with Crippen LogP contribution in [0.15, 0.2) is 29.4 Å². The number of nitrogens with zero attached hydrogens (tertiary/aromatic N) is 2. The van der Waals surface area contributed by atoms with E-state index in [9.17, 15) is 0 Å². The van der Waals surface area contributed by atoms with Crippen LogP contribution >= 0.6 is 12.4 Å². The van der Waals surface area contributed by atoms with Crippen molar-refractivity contribution >= 4 is 18.6 Å². The Kier molecular flexibility index (Phi) is 7.30. The molecule has 1 aromatic carbocycles. The van der Waals surface area contributed by atoms with Crippen molar-refractivity contribution < 1.29 is 9.94 Å². The molecular formula is C14H21ClN2O2. The molecule has 1 aliphatic rings. The normalized spacial score (nSPS) is 16.2. The lowest BCUT2D eigenvalue weighted by atomic mass is 10.1. The van der Waals surface area contributed by atoms with Crippen LogP contribution in [0.2, 0.25) is 0 Å². The van der Waals surface area contributed by atoms with E-state index in [-0.39, 0.29) is 12.4 Å². The summed E-state index contributed by atoms with van der Waals surface area (Å²) in [5.41, 5.74) is 0.862. The van der Waals surface area contributed by atoms with Crippen LogP contribution in [0.25, 0.3) is 0 Å². The Morgan fingerprint density at radius 3 is 2.47 bits per heavy atom. The summed E-state index contributed by atoms with van der Waals surface area (Å²) >= 11 is 0. The third-order valence-electron chi connectivity index (χ3n) is 3.21. The first-order valence-electron chi connectivity index (χ1n) is 6.51. The van der Waals surface area contributed by atoms with Gasteiger partial charge in [0.25, 0.3) is 0 Å². The minimum absolute atomic E-state index is 0. The Bertz CT molecular complexity index is 376. The third-order valence-corrected chi connectivity index (χ3v) is 3.21. The van der Waals surface area contributed by atoms with E-state index in [0.29, 0.717) is 0 Å².